The van der Waals surface area contributed by atoms with Gasteiger partial charge in [-0.1, -0.05) is 6.08 Å². The van der Waals surface area contributed by atoms with Gasteiger partial charge in [0.1, 0.15) is 6.04 Å². The predicted molar refractivity (Wildman–Crippen MR) is 124 cm³/mol. The molecule has 1 spiro atoms. The number of aliphatic hydroxyl groups is 1. The van der Waals surface area contributed by atoms with Crippen molar-refractivity contribution in [2.75, 3.05) is 65.7 Å². The van der Waals surface area contributed by atoms with E-state index >= 15 is 0 Å². The molecular formula is C23H35N3O6S. The first-order chi connectivity index (χ1) is 16.0. The zero-order valence-electron chi connectivity index (χ0n) is 19.3. The fourth-order valence-electron chi connectivity index (χ4n) is 5.99. The number of carbonyl (C=O) groups excluding carboxylic acids is 3. The number of amides is 2. The summed E-state index contributed by atoms with van der Waals surface area (Å²) in [6.45, 7) is 10.4. The van der Waals surface area contributed by atoms with Crippen LogP contribution in [0.25, 0.3) is 0 Å². The number of thioether (sulfide) groups is 1. The van der Waals surface area contributed by atoms with Gasteiger partial charge in [0.05, 0.1) is 43.0 Å². The Bertz CT molecular complexity index is 775. The third-order valence-electron chi connectivity index (χ3n) is 7.38. The maximum Gasteiger partial charge on any atom is 0.310 e. The second-order valence-electron chi connectivity index (χ2n) is 9.09. The molecule has 2 unspecified atom stereocenters. The molecule has 33 heavy (non-hydrogen) atoms. The average molecular weight is 482 g/mol. The van der Waals surface area contributed by atoms with E-state index in [1.54, 1.807) is 29.7 Å². The number of carbonyl (C=O) groups is 3. The molecule has 2 amide bonds. The molecule has 0 radical (unpaired) electrons. The number of aliphatic hydroxyl groups excluding tert-OH is 1. The molecule has 4 heterocycles. The van der Waals surface area contributed by atoms with Crippen LogP contribution < -0.4 is 0 Å². The van der Waals surface area contributed by atoms with E-state index in [9.17, 15) is 19.5 Å². The minimum atomic E-state index is -0.693. The summed E-state index contributed by atoms with van der Waals surface area (Å²) in [7, 11) is 0. The standard InChI is InChI=1S/C23H35N3O6S/c1-3-7-25(9-8-24-11-14-31-15-12-24)21(29)19-23-6-5-16(33-23)17(22(30)32-4-2)18(23)20(28)26(19)10-13-27/h3,16-19,27H,1,4-15H2,2H3/t16-,17+,18+,19?,23?/m1/s1. The average Bonchev–Trinajstić information content (AvgIpc) is 3.45. The molecule has 1 N–H and O–H groups in total. The number of likely N-dealkylation sites (tertiary alicyclic amines) is 1. The summed E-state index contributed by atoms with van der Waals surface area (Å²) in [6.07, 6.45) is 3.20. The second kappa shape index (κ2) is 10.3. The summed E-state index contributed by atoms with van der Waals surface area (Å²) in [4.78, 5) is 45.9. The lowest BCUT2D eigenvalue weighted by Crippen LogP contribution is -2.56. The van der Waals surface area contributed by atoms with Crippen molar-refractivity contribution in [3.63, 3.8) is 0 Å². The minimum Gasteiger partial charge on any atom is -0.466 e. The largest absolute Gasteiger partial charge is 0.466 e. The van der Waals surface area contributed by atoms with Crippen molar-refractivity contribution in [2.45, 2.75) is 35.8 Å². The van der Waals surface area contributed by atoms with Crippen LogP contribution in [0.2, 0.25) is 0 Å². The molecule has 0 aromatic heterocycles. The van der Waals surface area contributed by atoms with Crippen LogP contribution in [0, 0.1) is 11.8 Å². The molecule has 4 fully saturated rings. The van der Waals surface area contributed by atoms with Crippen LogP contribution in [0.1, 0.15) is 19.8 Å². The van der Waals surface area contributed by atoms with Crippen LogP contribution in [-0.2, 0) is 23.9 Å². The van der Waals surface area contributed by atoms with E-state index in [2.05, 4.69) is 11.5 Å². The molecule has 0 saturated carbocycles. The first-order valence-corrected chi connectivity index (χ1v) is 12.8. The Morgan fingerprint density at radius 2 is 2.12 bits per heavy atom. The van der Waals surface area contributed by atoms with Crippen LogP contribution >= 0.6 is 11.8 Å². The third kappa shape index (κ3) is 4.31. The van der Waals surface area contributed by atoms with Gasteiger partial charge in [0.25, 0.3) is 0 Å². The molecule has 0 aliphatic carbocycles. The topological polar surface area (TPSA) is 99.6 Å². The minimum absolute atomic E-state index is 0.00854. The van der Waals surface area contributed by atoms with Gasteiger partial charge in [-0.3, -0.25) is 19.3 Å². The van der Waals surface area contributed by atoms with E-state index in [4.69, 9.17) is 9.47 Å². The monoisotopic (exact) mass is 481 g/mol. The molecule has 5 atom stereocenters. The number of morpholine rings is 1. The van der Waals surface area contributed by atoms with E-state index in [0.717, 1.165) is 26.1 Å². The maximum atomic E-state index is 14.0. The van der Waals surface area contributed by atoms with Gasteiger partial charge in [-0.05, 0) is 19.8 Å². The number of hydrogen-bond acceptors (Lipinski definition) is 8. The van der Waals surface area contributed by atoms with Gasteiger partial charge in [-0.15, -0.1) is 18.3 Å². The Morgan fingerprint density at radius 1 is 1.36 bits per heavy atom. The highest BCUT2D eigenvalue weighted by Gasteiger charge is 2.74. The summed E-state index contributed by atoms with van der Waals surface area (Å²) in [5.74, 6) is -1.78. The highest BCUT2D eigenvalue weighted by atomic mass is 32.2. The summed E-state index contributed by atoms with van der Waals surface area (Å²) in [5, 5.41) is 9.69. The molecule has 9 nitrogen and oxygen atoms in total. The number of nitrogens with zero attached hydrogens (tertiary/aromatic N) is 3. The third-order valence-corrected chi connectivity index (χ3v) is 9.34. The summed E-state index contributed by atoms with van der Waals surface area (Å²) < 4.78 is 10.1. The lowest BCUT2D eigenvalue weighted by molar-refractivity contribution is -0.153. The van der Waals surface area contributed by atoms with Gasteiger partial charge in [-0.2, -0.15) is 0 Å². The molecule has 4 rings (SSSR count). The Hall–Kier alpha value is -1.62. The van der Waals surface area contributed by atoms with E-state index in [-0.39, 0.29) is 42.8 Å². The lowest BCUT2D eigenvalue weighted by atomic mass is 9.71. The van der Waals surface area contributed by atoms with Crippen molar-refractivity contribution in [1.29, 1.82) is 0 Å². The van der Waals surface area contributed by atoms with Crippen molar-refractivity contribution in [3.8, 4) is 0 Å². The fourth-order valence-corrected chi connectivity index (χ4v) is 8.20. The number of fused-ring (bicyclic) bond motifs is 1. The van der Waals surface area contributed by atoms with Crippen LogP contribution in [-0.4, -0.2) is 119 Å². The van der Waals surface area contributed by atoms with Gasteiger partial charge < -0.3 is 24.4 Å². The van der Waals surface area contributed by atoms with Gasteiger partial charge in [0.15, 0.2) is 0 Å². The number of hydrogen-bond donors (Lipinski definition) is 1. The SMILES string of the molecule is C=CCN(CCN1CCOCC1)C(=O)C1N(CCO)C(=O)[C@@H]2[C@@H](C(=O)OCC)[C@H]3CCC12S3. The van der Waals surface area contributed by atoms with Crippen molar-refractivity contribution < 1.29 is 29.0 Å². The second-order valence-corrected chi connectivity index (χ2v) is 10.7. The molecule has 0 aromatic carbocycles. The number of esters is 1. The van der Waals surface area contributed by atoms with Gasteiger partial charge in [0, 0.05) is 44.5 Å². The molecule has 4 aliphatic heterocycles. The van der Waals surface area contributed by atoms with Gasteiger partial charge >= 0.3 is 5.97 Å². The Kier molecular flexibility index (Phi) is 7.67. The van der Waals surface area contributed by atoms with Crippen molar-refractivity contribution in [2.24, 2.45) is 11.8 Å². The van der Waals surface area contributed by atoms with Crippen LogP contribution in [0.4, 0.5) is 0 Å². The van der Waals surface area contributed by atoms with Crippen molar-refractivity contribution in [1.82, 2.24) is 14.7 Å². The summed E-state index contributed by atoms with van der Waals surface area (Å²) >= 11 is 1.62. The molecule has 184 valence electrons. The fraction of sp³-hybridized carbons (Fsp3) is 0.783. The lowest BCUT2D eigenvalue weighted by Gasteiger charge is -2.38. The number of β-amino-alcohol motifs (C(OH)–C–C–N with tert-alkyl or cyclic N) is 1. The van der Waals surface area contributed by atoms with Crippen molar-refractivity contribution >= 4 is 29.5 Å². The zero-order valence-corrected chi connectivity index (χ0v) is 20.1. The van der Waals surface area contributed by atoms with Crippen molar-refractivity contribution in [3.05, 3.63) is 12.7 Å². The van der Waals surface area contributed by atoms with Crippen LogP contribution in [0.3, 0.4) is 0 Å². The first kappa shape index (κ1) is 24.5. The smallest absolute Gasteiger partial charge is 0.310 e. The first-order valence-electron chi connectivity index (χ1n) is 11.9. The summed E-state index contributed by atoms with van der Waals surface area (Å²) in [5.41, 5.74) is 0. The maximum absolute atomic E-state index is 14.0. The van der Waals surface area contributed by atoms with Gasteiger partial charge in [0.2, 0.25) is 11.8 Å². The highest BCUT2D eigenvalue weighted by Crippen LogP contribution is 2.66. The molecule has 4 aliphatic rings. The quantitative estimate of drug-likeness (QED) is 0.343. The van der Waals surface area contributed by atoms with Crippen LogP contribution in [0.5, 0.6) is 0 Å². The normalized spacial score (nSPS) is 33.3. The zero-order chi connectivity index (χ0) is 23.6. The molecule has 0 aromatic rings. The molecule has 10 heteroatoms. The molecule has 2 bridgehead atoms. The van der Waals surface area contributed by atoms with E-state index in [0.29, 0.717) is 32.7 Å². The van der Waals surface area contributed by atoms with E-state index < -0.39 is 22.6 Å². The molecular weight excluding hydrogens is 446 g/mol. The predicted octanol–water partition coefficient (Wildman–Crippen LogP) is -0.0202. The number of ether oxygens (including phenoxy) is 2. The summed E-state index contributed by atoms with van der Waals surface area (Å²) in [6, 6.07) is -0.693. The van der Waals surface area contributed by atoms with Crippen LogP contribution in [0.15, 0.2) is 12.7 Å². The Labute approximate surface area is 199 Å². The highest BCUT2D eigenvalue weighted by molar-refractivity contribution is 8.02. The van der Waals surface area contributed by atoms with E-state index in [1.165, 1.54) is 4.90 Å². The number of rotatable bonds is 10. The Morgan fingerprint density at radius 3 is 2.79 bits per heavy atom. The van der Waals surface area contributed by atoms with Gasteiger partial charge in [-0.25, -0.2) is 0 Å². The molecule has 4 saturated heterocycles. The Balaban J connectivity index is 1.59. The van der Waals surface area contributed by atoms with E-state index in [1.807, 2.05) is 0 Å².